The Balaban J connectivity index is 2.08. The molecule has 0 bridgehead atoms. The van der Waals surface area contributed by atoms with E-state index in [9.17, 15) is 13.2 Å². The van der Waals surface area contributed by atoms with Gasteiger partial charge in [-0.25, -0.2) is 8.42 Å². The topological polar surface area (TPSA) is 66.8 Å². The maximum atomic E-state index is 11.9. The zero-order chi connectivity index (χ0) is 16.1. The summed E-state index contributed by atoms with van der Waals surface area (Å²) >= 11 is 1.40. The van der Waals surface area contributed by atoms with Crippen LogP contribution in [0.5, 0.6) is 0 Å². The van der Waals surface area contributed by atoms with Gasteiger partial charge in [-0.3, -0.25) is 4.79 Å². The minimum atomic E-state index is -3.02. The molecule has 0 unspecified atom stereocenters. The molecule has 2 aliphatic rings. The van der Waals surface area contributed by atoms with E-state index in [1.807, 2.05) is 30.9 Å². The smallest absolute Gasteiger partial charge is 0.244 e. The number of rotatable bonds is 1. The van der Waals surface area contributed by atoms with Crippen LogP contribution >= 0.6 is 11.8 Å². The zero-order valence-corrected chi connectivity index (χ0v) is 14.4. The molecular formula is C15H18N2O3S2. The molecule has 3 rings (SSSR count). The first-order valence-corrected chi connectivity index (χ1v) is 9.80. The predicted molar refractivity (Wildman–Crippen MR) is 90.3 cm³/mol. The number of sulfone groups is 1. The molecule has 1 aromatic carbocycles. The lowest BCUT2D eigenvalue weighted by molar-refractivity contribution is -0.115. The van der Waals surface area contributed by atoms with Crippen molar-refractivity contribution in [3.8, 4) is 0 Å². The van der Waals surface area contributed by atoms with Gasteiger partial charge in [-0.2, -0.15) is 4.99 Å². The lowest BCUT2D eigenvalue weighted by atomic mass is 10.1. The normalized spacial score (nSPS) is 28.1. The van der Waals surface area contributed by atoms with Crippen molar-refractivity contribution in [2.75, 3.05) is 16.4 Å². The van der Waals surface area contributed by atoms with E-state index in [0.717, 1.165) is 16.8 Å². The molecule has 22 heavy (non-hydrogen) atoms. The Morgan fingerprint density at radius 3 is 2.68 bits per heavy atom. The Morgan fingerprint density at radius 1 is 1.32 bits per heavy atom. The van der Waals surface area contributed by atoms with Crippen LogP contribution in [0, 0.1) is 13.8 Å². The highest BCUT2D eigenvalue weighted by atomic mass is 32.2. The van der Waals surface area contributed by atoms with Crippen LogP contribution in [0.15, 0.2) is 23.2 Å². The van der Waals surface area contributed by atoms with E-state index in [0.29, 0.717) is 5.17 Å². The number of carbonyl (C=O) groups excluding carboxylic acids is 1. The van der Waals surface area contributed by atoms with Crippen LogP contribution in [0.2, 0.25) is 0 Å². The predicted octanol–water partition coefficient (Wildman–Crippen LogP) is 1.92. The van der Waals surface area contributed by atoms with Crippen LogP contribution < -0.4 is 4.90 Å². The van der Waals surface area contributed by atoms with Crippen molar-refractivity contribution in [1.82, 2.24) is 0 Å². The number of aliphatic imine (C=N–C) groups is 1. The van der Waals surface area contributed by atoms with E-state index in [4.69, 9.17) is 0 Å². The van der Waals surface area contributed by atoms with Gasteiger partial charge in [-0.05, 0) is 25.5 Å². The minimum Gasteiger partial charge on any atom is -0.315 e. The quantitative estimate of drug-likeness (QED) is 0.783. The maximum Gasteiger partial charge on any atom is 0.244 e. The van der Waals surface area contributed by atoms with Gasteiger partial charge in [0.2, 0.25) is 5.91 Å². The van der Waals surface area contributed by atoms with Crippen LogP contribution in [0.1, 0.15) is 18.1 Å². The van der Waals surface area contributed by atoms with Crippen molar-refractivity contribution >= 4 is 38.4 Å². The van der Waals surface area contributed by atoms with Gasteiger partial charge in [0, 0.05) is 17.9 Å². The van der Waals surface area contributed by atoms with Crippen molar-refractivity contribution in [1.29, 1.82) is 0 Å². The molecule has 2 fully saturated rings. The fourth-order valence-electron chi connectivity index (χ4n) is 3.06. The number of benzene rings is 1. The van der Waals surface area contributed by atoms with Gasteiger partial charge in [-0.15, -0.1) is 0 Å². The molecular weight excluding hydrogens is 320 g/mol. The first kappa shape index (κ1) is 15.6. The summed E-state index contributed by atoms with van der Waals surface area (Å²) in [5.74, 6) is 0.00959. The SMILES string of the molecule is CC(=O)N=C1S[C@@H]2CS(=O)(=O)C[C@@H]2N1c1ccc(C)cc1C. The largest absolute Gasteiger partial charge is 0.315 e. The summed E-state index contributed by atoms with van der Waals surface area (Å²) in [4.78, 5) is 17.5. The molecule has 2 saturated heterocycles. The summed E-state index contributed by atoms with van der Waals surface area (Å²) in [6.45, 7) is 5.43. The van der Waals surface area contributed by atoms with E-state index in [2.05, 4.69) is 11.1 Å². The number of aryl methyl sites for hydroxylation is 2. The fraction of sp³-hybridized carbons (Fsp3) is 0.467. The highest BCUT2D eigenvalue weighted by molar-refractivity contribution is 8.16. The number of amidine groups is 1. The van der Waals surface area contributed by atoms with Gasteiger partial charge in [0.05, 0.1) is 17.5 Å². The van der Waals surface area contributed by atoms with Crippen LogP contribution in [0.25, 0.3) is 0 Å². The average molecular weight is 338 g/mol. The molecule has 0 radical (unpaired) electrons. The fourth-order valence-corrected chi connectivity index (χ4v) is 7.01. The summed E-state index contributed by atoms with van der Waals surface area (Å²) in [7, 11) is -3.02. The highest BCUT2D eigenvalue weighted by Crippen LogP contribution is 2.41. The number of fused-ring (bicyclic) bond motifs is 1. The van der Waals surface area contributed by atoms with E-state index in [1.54, 1.807) is 0 Å². The molecule has 0 aromatic heterocycles. The summed E-state index contributed by atoms with van der Waals surface area (Å²) in [6.07, 6.45) is 0. The molecule has 5 nitrogen and oxygen atoms in total. The van der Waals surface area contributed by atoms with E-state index in [-0.39, 0.29) is 28.7 Å². The van der Waals surface area contributed by atoms with Gasteiger partial charge < -0.3 is 4.90 Å². The molecule has 118 valence electrons. The number of amides is 1. The summed E-state index contributed by atoms with van der Waals surface area (Å²) in [6, 6.07) is 5.89. The zero-order valence-electron chi connectivity index (χ0n) is 12.7. The first-order chi connectivity index (χ1) is 10.3. The molecule has 1 aromatic rings. The Labute approximate surface area is 134 Å². The second kappa shape index (κ2) is 5.38. The van der Waals surface area contributed by atoms with Crippen LogP contribution in [-0.4, -0.2) is 42.3 Å². The third kappa shape index (κ3) is 2.79. The maximum absolute atomic E-state index is 11.9. The lowest BCUT2D eigenvalue weighted by Crippen LogP contribution is -2.38. The van der Waals surface area contributed by atoms with Crippen molar-refractivity contribution in [2.24, 2.45) is 4.99 Å². The van der Waals surface area contributed by atoms with Crippen molar-refractivity contribution in [3.63, 3.8) is 0 Å². The van der Waals surface area contributed by atoms with Crippen molar-refractivity contribution < 1.29 is 13.2 Å². The van der Waals surface area contributed by atoms with E-state index < -0.39 is 9.84 Å². The Hall–Kier alpha value is -1.34. The average Bonchev–Trinajstić information content (AvgIpc) is 2.81. The highest BCUT2D eigenvalue weighted by Gasteiger charge is 2.49. The van der Waals surface area contributed by atoms with Crippen molar-refractivity contribution in [2.45, 2.75) is 32.1 Å². The third-order valence-corrected chi connectivity index (χ3v) is 7.14. The van der Waals surface area contributed by atoms with Gasteiger partial charge in [-0.1, -0.05) is 29.5 Å². The van der Waals surface area contributed by atoms with E-state index in [1.165, 1.54) is 18.7 Å². The van der Waals surface area contributed by atoms with Crippen LogP contribution in [-0.2, 0) is 14.6 Å². The van der Waals surface area contributed by atoms with Crippen LogP contribution in [0.3, 0.4) is 0 Å². The molecule has 7 heteroatoms. The second-order valence-corrected chi connectivity index (χ2v) is 9.23. The summed E-state index contributed by atoms with van der Waals surface area (Å²) < 4.78 is 23.9. The Kier molecular flexibility index (Phi) is 3.81. The Morgan fingerprint density at radius 2 is 2.05 bits per heavy atom. The van der Waals surface area contributed by atoms with E-state index >= 15 is 0 Å². The van der Waals surface area contributed by atoms with Crippen LogP contribution in [0.4, 0.5) is 5.69 Å². The monoisotopic (exact) mass is 338 g/mol. The molecule has 2 atom stereocenters. The summed E-state index contributed by atoms with van der Waals surface area (Å²) in [5.41, 5.74) is 3.14. The number of anilines is 1. The number of hydrogen-bond donors (Lipinski definition) is 0. The second-order valence-electron chi connectivity index (χ2n) is 5.87. The number of nitrogens with zero attached hydrogens (tertiary/aromatic N) is 2. The first-order valence-electron chi connectivity index (χ1n) is 7.10. The molecule has 2 heterocycles. The Bertz CT molecular complexity index is 771. The molecule has 0 spiro atoms. The molecule has 0 N–H and O–H groups in total. The molecule has 0 aliphatic carbocycles. The lowest BCUT2D eigenvalue weighted by Gasteiger charge is -2.26. The van der Waals surface area contributed by atoms with Gasteiger partial charge in [0.25, 0.3) is 0 Å². The standard InChI is InChI=1S/C15H18N2O3S2/c1-9-4-5-12(10(2)6-9)17-13-7-22(19,20)8-14(13)21-15(17)16-11(3)18/h4-6,13-14H,7-8H2,1-3H3/t13-,14+/m0/s1. The molecule has 1 amide bonds. The third-order valence-electron chi connectivity index (χ3n) is 3.93. The van der Waals surface area contributed by atoms with Crippen molar-refractivity contribution in [3.05, 3.63) is 29.3 Å². The van der Waals surface area contributed by atoms with Gasteiger partial charge in [0.15, 0.2) is 15.0 Å². The summed E-state index contributed by atoms with van der Waals surface area (Å²) in [5, 5.41) is 0.563. The number of carbonyl (C=O) groups is 1. The number of hydrogen-bond acceptors (Lipinski definition) is 4. The van der Waals surface area contributed by atoms with Gasteiger partial charge >= 0.3 is 0 Å². The minimum absolute atomic E-state index is 0.0520. The molecule has 2 aliphatic heterocycles. The molecule has 0 saturated carbocycles. The number of thioether (sulfide) groups is 1. The van der Waals surface area contributed by atoms with Gasteiger partial charge in [0.1, 0.15) is 0 Å².